The minimum Gasteiger partial charge on any atom is -0.481 e. The number of thiazole rings is 1. The molecular weight excluding hydrogens is 312 g/mol. The van der Waals surface area contributed by atoms with Crippen LogP contribution in [0.15, 0.2) is 5.38 Å². The van der Waals surface area contributed by atoms with E-state index in [1.807, 2.05) is 0 Å². The number of carbonyl (C=O) groups is 1. The van der Waals surface area contributed by atoms with Gasteiger partial charge in [-0.1, -0.05) is 19.3 Å². The van der Waals surface area contributed by atoms with Crippen LogP contribution in [0.5, 0.6) is 0 Å². The smallest absolute Gasteiger partial charge is 0.305 e. The van der Waals surface area contributed by atoms with Crippen LogP contribution in [0.1, 0.15) is 68.0 Å². The topological polar surface area (TPSA) is 71.5 Å². The monoisotopic (exact) mass is 338 g/mol. The van der Waals surface area contributed by atoms with Gasteiger partial charge in [0.15, 0.2) is 0 Å². The van der Waals surface area contributed by atoms with Crippen LogP contribution in [-0.4, -0.2) is 34.8 Å². The summed E-state index contributed by atoms with van der Waals surface area (Å²) in [5.41, 5.74) is 0.699. The van der Waals surface area contributed by atoms with Crippen LogP contribution in [0.3, 0.4) is 0 Å². The number of hydrogen-bond donors (Lipinski definition) is 2. The van der Waals surface area contributed by atoms with E-state index in [0.717, 1.165) is 18.5 Å². The second-order valence-electron chi connectivity index (χ2n) is 6.83. The molecule has 5 nitrogen and oxygen atoms in total. The van der Waals surface area contributed by atoms with Crippen LogP contribution >= 0.6 is 11.3 Å². The van der Waals surface area contributed by atoms with Crippen LogP contribution in [0.4, 0.5) is 0 Å². The zero-order valence-corrected chi connectivity index (χ0v) is 14.4. The molecule has 1 saturated carbocycles. The van der Waals surface area contributed by atoms with Crippen molar-refractivity contribution in [3.8, 4) is 0 Å². The Morgan fingerprint density at radius 3 is 2.78 bits per heavy atom. The average Bonchev–Trinajstić information content (AvgIpc) is 3.03. The van der Waals surface area contributed by atoms with E-state index in [1.165, 1.54) is 37.1 Å². The van der Waals surface area contributed by atoms with Gasteiger partial charge >= 0.3 is 5.97 Å². The molecule has 128 valence electrons. The highest BCUT2D eigenvalue weighted by molar-refractivity contribution is 7.09. The van der Waals surface area contributed by atoms with E-state index >= 15 is 0 Å². The standard InChI is InChI=1S/C17H26N2O3S/c20-15(21)10-17(6-8-22-9-7-17)18-11-14-12-23-16(19-14)13-4-2-1-3-5-13/h12-13,18H,1-11H2,(H,20,21). The van der Waals surface area contributed by atoms with Crippen molar-refractivity contribution in [1.82, 2.24) is 10.3 Å². The van der Waals surface area contributed by atoms with Crippen LogP contribution in [0.25, 0.3) is 0 Å². The summed E-state index contributed by atoms with van der Waals surface area (Å²) in [6.45, 7) is 1.91. The highest BCUT2D eigenvalue weighted by atomic mass is 32.1. The largest absolute Gasteiger partial charge is 0.481 e. The maximum absolute atomic E-state index is 11.2. The quantitative estimate of drug-likeness (QED) is 0.833. The molecule has 23 heavy (non-hydrogen) atoms. The molecule has 1 saturated heterocycles. The van der Waals surface area contributed by atoms with Gasteiger partial charge in [0.05, 0.1) is 17.1 Å². The molecule has 0 aromatic carbocycles. The average molecular weight is 338 g/mol. The second-order valence-corrected chi connectivity index (χ2v) is 7.72. The summed E-state index contributed by atoms with van der Waals surface area (Å²) in [6.07, 6.45) is 8.17. The highest BCUT2D eigenvalue weighted by Gasteiger charge is 2.34. The molecule has 0 spiro atoms. The van der Waals surface area contributed by atoms with Gasteiger partial charge in [0.1, 0.15) is 0 Å². The third kappa shape index (κ3) is 4.52. The van der Waals surface area contributed by atoms with Crippen LogP contribution < -0.4 is 5.32 Å². The molecule has 2 N–H and O–H groups in total. The lowest BCUT2D eigenvalue weighted by Gasteiger charge is -2.36. The molecule has 6 heteroatoms. The molecular formula is C17H26N2O3S. The Balaban J connectivity index is 1.59. The van der Waals surface area contributed by atoms with Crippen molar-refractivity contribution in [2.45, 2.75) is 69.4 Å². The van der Waals surface area contributed by atoms with Crippen LogP contribution in [0.2, 0.25) is 0 Å². The number of aliphatic carboxylic acids is 1. The zero-order valence-electron chi connectivity index (χ0n) is 13.6. The van der Waals surface area contributed by atoms with Crippen LogP contribution in [0, 0.1) is 0 Å². The van der Waals surface area contributed by atoms with Gasteiger partial charge in [-0.25, -0.2) is 4.98 Å². The van der Waals surface area contributed by atoms with Crippen molar-refractivity contribution in [2.24, 2.45) is 0 Å². The highest BCUT2D eigenvalue weighted by Crippen LogP contribution is 2.34. The first kappa shape index (κ1) is 16.9. The van der Waals surface area contributed by atoms with Crippen LogP contribution in [-0.2, 0) is 16.1 Å². The molecule has 2 aliphatic rings. The summed E-state index contributed by atoms with van der Waals surface area (Å²) in [5, 5.41) is 16.1. The van der Waals surface area contributed by atoms with E-state index < -0.39 is 5.97 Å². The van der Waals surface area contributed by atoms with Crippen molar-refractivity contribution in [1.29, 1.82) is 0 Å². The number of nitrogens with zero attached hydrogens (tertiary/aromatic N) is 1. The Kier molecular flexibility index (Phi) is 5.67. The Morgan fingerprint density at radius 1 is 1.35 bits per heavy atom. The third-order valence-electron chi connectivity index (χ3n) is 5.11. The zero-order chi connectivity index (χ0) is 16.1. The summed E-state index contributed by atoms with van der Waals surface area (Å²) in [4.78, 5) is 16.0. The molecule has 1 aromatic rings. The van der Waals surface area contributed by atoms with Gasteiger partial charge < -0.3 is 15.2 Å². The van der Waals surface area contributed by atoms with Gasteiger partial charge in [-0.05, 0) is 25.7 Å². The number of carboxylic acid groups (broad SMARTS) is 1. The molecule has 1 aliphatic carbocycles. The van der Waals surface area contributed by atoms with Gasteiger partial charge in [0, 0.05) is 36.6 Å². The second kappa shape index (κ2) is 7.73. The van der Waals surface area contributed by atoms with Gasteiger partial charge in [-0.3, -0.25) is 4.79 Å². The molecule has 2 fully saturated rings. The molecule has 1 aliphatic heterocycles. The van der Waals surface area contributed by atoms with E-state index in [-0.39, 0.29) is 12.0 Å². The Bertz CT molecular complexity index is 520. The normalized spacial score (nSPS) is 22.1. The predicted molar refractivity (Wildman–Crippen MR) is 89.8 cm³/mol. The van der Waals surface area contributed by atoms with E-state index in [1.54, 1.807) is 11.3 Å². The first-order valence-corrected chi connectivity index (χ1v) is 9.54. The summed E-state index contributed by atoms with van der Waals surface area (Å²) in [5.74, 6) is -0.112. The summed E-state index contributed by atoms with van der Waals surface area (Å²) >= 11 is 1.76. The molecule has 0 bridgehead atoms. The first-order chi connectivity index (χ1) is 11.2. The number of carboxylic acids is 1. The van der Waals surface area contributed by atoms with E-state index in [4.69, 9.17) is 9.72 Å². The fourth-order valence-electron chi connectivity index (χ4n) is 3.69. The Labute approximate surface area is 141 Å². The summed E-state index contributed by atoms with van der Waals surface area (Å²) in [7, 11) is 0. The molecule has 1 aromatic heterocycles. The number of aromatic nitrogens is 1. The van der Waals surface area contributed by atoms with Gasteiger partial charge in [0.25, 0.3) is 0 Å². The van der Waals surface area contributed by atoms with Gasteiger partial charge in [0.2, 0.25) is 0 Å². The van der Waals surface area contributed by atoms with Crippen molar-refractivity contribution < 1.29 is 14.6 Å². The molecule has 0 atom stereocenters. The molecule has 2 heterocycles. The van der Waals surface area contributed by atoms with Crippen molar-refractivity contribution in [3.63, 3.8) is 0 Å². The third-order valence-corrected chi connectivity index (χ3v) is 6.16. The first-order valence-electron chi connectivity index (χ1n) is 8.66. The predicted octanol–water partition coefficient (Wildman–Crippen LogP) is 3.30. The SMILES string of the molecule is O=C(O)CC1(NCc2csc(C3CCCCC3)n2)CCOCC1. The molecule has 0 amide bonds. The Morgan fingerprint density at radius 2 is 2.09 bits per heavy atom. The lowest BCUT2D eigenvalue weighted by atomic mass is 9.86. The number of hydrogen-bond acceptors (Lipinski definition) is 5. The fraction of sp³-hybridized carbons (Fsp3) is 0.765. The van der Waals surface area contributed by atoms with Crippen molar-refractivity contribution in [2.75, 3.05) is 13.2 Å². The number of nitrogens with one attached hydrogen (secondary N) is 1. The maximum atomic E-state index is 11.2. The van der Waals surface area contributed by atoms with Crippen molar-refractivity contribution >= 4 is 17.3 Å². The van der Waals surface area contributed by atoms with Gasteiger partial charge in [-0.2, -0.15) is 0 Å². The number of ether oxygens (including phenoxy) is 1. The van der Waals surface area contributed by atoms with E-state index in [2.05, 4.69) is 10.7 Å². The fourth-order valence-corrected chi connectivity index (χ4v) is 4.68. The molecule has 0 radical (unpaired) electrons. The lowest BCUT2D eigenvalue weighted by molar-refractivity contribution is -0.139. The Hall–Kier alpha value is -0.980. The van der Waals surface area contributed by atoms with E-state index in [0.29, 0.717) is 25.7 Å². The summed E-state index contributed by atoms with van der Waals surface area (Å²) in [6, 6.07) is 0. The minimum absolute atomic E-state index is 0.149. The number of rotatable bonds is 6. The minimum atomic E-state index is -0.749. The van der Waals surface area contributed by atoms with E-state index in [9.17, 15) is 9.90 Å². The lowest BCUT2D eigenvalue weighted by Crippen LogP contribution is -2.50. The maximum Gasteiger partial charge on any atom is 0.305 e. The van der Waals surface area contributed by atoms with Gasteiger partial charge in [-0.15, -0.1) is 11.3 Å². The van der Waals surface area contributed by atoms with Crippen molar-refractivity contribution in [3.05, 3.63) is 16.1 Å². The summed E-state index contributed by atoms with van der Waals surface area (Å²) < 4.78 is 5.40. The molecule has 3 rings (SSSR count). The molecule has 0 unspecified atom stereocenters.